The van der Waals surface area contributed by atoms with Gasteiger partial charge in [0, 0.05) is 72.4 Å². The summed E-state index contributed by atoms with van der Waals surface area (Å²) in [5.74, 6) is -0.745. The SMILES string of the molecule is CCN1C(=O)C(=C2c3cc(-c4ccc(N(c5ccc(SC)cc5)c5ccc(SC)cc5)cc4)ccc3-c3ccc(-c4ccc(N(c5ccc(SC)cc5)c5ccc(SC)cc5)cc4)cc32)C(=O)N(CC)C1=S. The Hall–Kier alpha value is -6.47. The van der Waals surface area contributed by atoms with Crippen molar-refractivity contribution in [1.29, 1.82) is 0 Å². The molecule has 0 atom stereocenters. The van der Waals surface area contributed by atoms with Gasteiger partial charge in [0.1, 0.15) is 5.57 Å². The molecule has 1 fully saturated rings. The van der Waals surface area contributed by atoms with Crippen molar-refractivity contribution in [3.05, 3.63) is 199 Å². The molecule has 6 nitrogen and oxygen atoms in total. The molecule has 72 heavy (non-hydrogen) atoms. The first-order valence-electron chi connectivity index (χ1n) is 23.7. The van der Waals surface area contributed by atoms with E-state index in [0.717, 1.165) is 78.6 Å². The zero-order valence-electron chi connectivity index (χ0n) is 40.9. The van der Waals surface area contributed by atoms with Crippen LogP contribution in [0.2, 0.25) is 0 Å². The van der Waals surface area contributed by atoms with Gasteiger partial charge in [-0.25, -0.2) is 0 Å². The van der Waals surface area contributed by atoms with Gasteiger partial charge >= 0.3 is 0 Å². The first-order chi connectivity index (χ1) is 35.2. The Morgan fingerprint density at radius 1 is 0.361 bits per heavy atom. The van der Waals surface area contributed by atoms with E-state index in [1.807, 2.05) is 13.8 Å². The third-order valence-electron chi connectivity index (χ3n) is 13.4. The van der Waals surface area contributed by atoms with Crippen LogP contribution in [0.3, 0.4) is 0 Å². The zero-order chi connectivity index (χ0) is 50.0. The second-order valence-corrected chi connectivity index (χ2v) is 21.1. The molecular weight excluding hydrogens is 981 g/mol. The van der Waals surface area contributed by atoms with Gasteiger partial charge in [-0.1, -0.05) is 48.5 Å². The maximum absolute atomic E-state index is 14.7. The third-order valence-corrected chi connectivity index (χ3v) is 16.8. The quantitative estimate of drug-likeness (QED) is 0.0459. The average Bonchev–Trinajstić information content (AvgIpc) is 3.74. The summed E-state index contributed by atoms with van der Waals surface area (Å²) in [4.78, 5) is 41.9. The Morgan fingerprint density at radius 3 is 0.889 bits per heavy atom. The van der Waals surface area contributed by atoms with Crippen molar-refractivity contribution >= 4 is 116 Å². The fraction of sp³-hybridized carbons (Fsp3) is 0.131. The van der Waals surface area contributed by atoms with Crippen LogP contribution in [-0.4, -0.2) is 64.8 Å². The molecule has 8 aromatic carbocycles. The van der Waals surface area contributed by atoms with Crippen LogP contribution in [0.1, 0.15) is 25.0 Å². The number of nitrogens with zero attached hydrogens (tertiary/aromatic N) is 4. The van der Waals surface area contributed by atoms with Gasteiger partial charge in [-0.3, -0.25) is 19.4 Å². The summed E-state index contributed by atoms with van der Waals surface area (Å²) in [5, 5.41) is 0.240. The summed E-state index contributed by atoms with van der Waals surface area (Å²) < 4.78 is 0. The predicted molar refractivity (Wildman–Crippen MR) is 313 cm³/mol. The molecule has 1 aliphatic carbocycles. The van der Waals surface area contributed by atoms with E-state index in [2.05, 4.69) is 217 Å². The number of thiocarbonyl (C=S) groups is 1. The van der Waals surface area contributed by atoms with E-state index in [-0.39, 0.29) is 22.5 Å². The van der Waals surface area contributed by atoms with Gasteiger partial charge in [0.2, 0.25) is 0 Å². The molecule has 1 heterocycles. The number of likely N-dealkylation sites (N-methyl/N-ethyl adjacent to an activating group) is 2. The van der Waals surface area contributed by atoms with E-state index in [1.165, 1.54) is 19.6 Å². The number of carbonyl (C=O) groups is 2. The maximum Gasteiger partial charge on any atom is 0.266 e. The van der Waals surface area contributed by atoms with Crippen molar-refractivity contribution in [2.75, 3.05) is 47.9 Å². The van der Waals surface area contributed by atoms with Crippen LogP contribution in [0.5, 0.6) is 0 Å². The molecule has 1 aliphatic heterocycles. The molecule has 0 saturated carbocycles. The van der Waals surface area contributed by atoms with E-state index in [9.17, 15) is 9.59 Å². The minimum atomic E-state index is -0.372. The van der Waals surface area contributed by atoms with Gasteiger partial charge in [0.15, 0.2) is 5.11 Å². The van der Waals surface area contributed by atoms with Crippen LogP contribution < -0.4 is 9.80 Å². The molecule has 0 unspecified atom stereocenters. The summed E-state index contributed by atoms with van der Waals surface area (Å²) in [6, 6.07) is 64.7. The lowest BCUT2D eigenvalue weighted by Crippen LogP contribution is -2.56. The Balaban J connectivity index is 1.05. The van der Waals surface area contributed by atoms with Crippen molar-refractivity contribution in [3.8, 4) is 33.4 Å². The number of rotatable bonds is 14. The zero-order valence-corrected chi connectivity index (χ0v) is 45.0. The van der Waals surface area contributed by atoms with Gasteiger partial charge in [-0.2, -0.15) is 0 Å². The lowest BCUT2D eigenvalue weighted by atomic mass is 9.91. The first kappa shape index (κ1) is 49.1. The lowest BCUT2D eigenvalue weighted by Gasteiger charge is -2.36. The number of fused-ring (bicyclic) bond motifs is 3. The van der Waals surface area contributed by atoms with Crippen LogP contribution in [0.25, 0.3) is 39.0 Å². The molecule has 8 aromatic rings. The van der Waals surface area contributed by atoms with E-state index in [4.69, 9.17) is 12.2 Å². The summed E-state index contributed by atoms with van der Waals surface area (Å²) in [6.07, 6.45) is 8.37. The van der Waals surface area contributed by atoms with E-state index < -0.39 is 0 Å². The van der Waals surface area contributed by atoms with Crippen LogP contribution >= 0.6 is 59.3 Å². The molecule has 11 heteroatoms. The monoisotopic (exact) mass is 1030 g/mol. The molecule has 0 radical (unpaired) electrons. The molecular formula is C61H52N4O2S5. The highest BCUT2D eigenvalue weighted by atomic mass is 32.2. The standard InChI is InChI=1S/C61H52N4O2S5/c1-7-62-59(66)58(60(67)63(8-2)61(62)68)57-55-37-41(39-9-15-43(16-10-39)64(45-19-27-49(69-3)28-20-45)46-21-29-50(70-4)30-22-46)13-35-53(55)54-36-14-42(38-56(54)57)40-11-17-44(18-12-40)65(47-23-31-51(71-5)32-24-47)48-25-33-52(72-6)34-26-48/h9-38H,7-8H2,1-6H3. The van der Waals surface area contributed by atoms with Crippen molar-refractivity contribution in [2.24, 2.45) is 0 Å². The number of anilines is 6. The number of amides is 2. The van der Waals surface area contributed by atoms with Crippen LogP contribution in [0.15, 0.2) is 207 Å². The second kappa shape index (κ2) is 21.3. The van der Waals surface area contributed by atoms with Crippen molar-refractivity contribution < 1.29 is 9.59 Å². The smallest absolute Gasteiger partial charge is 0.266 e. The fourth-order valence-corrected chi connectivity index (χ4v) is 11.7. The molecule has 2 amide bonds. The molecule has 0 bridgehead atoms. The number of benzene rings is 8. The molecule has 0 N–H and O–H groups in total. The highest BCUT2D eigenvalue weighted by Gasteiger charge is 2.42. The topological polar surface area (TPSA) is 47.1 Å². The average molecular weight is 1030 g/mol. The fourth-order valence-electron chi connectivity index (χ4n) is 9.62. The van der Waals surface area contributed by atoms with E-state index >= 15 is 0 Å². The van der Waals surface area contributed by atoms with Gasteiger partial charge in [0.05, 0.1) is 0 Å². The molecule has 1 saturated heterocycles. The third kappa shape index (κ3) is 9.29. The number of carbonyl (C=O) groups excluding carboxylic acids is 2. The minimum absolute atomic E-state index is 0.138. The summed E-state index contributed by atoms with van der Waals surface area (Å²) in [5.41, 5.74) is 14.7. The van der Waals surface area contributed by atoms with Crippen LogP contribution in [0.4, 0.5) is 34.1 Å². The first-order valence-corrected chi connectivity index (χ1v) is 29.1. The van der Waals surface area contributed by atoms with Gasteiger partial charge in [0.25, 0.3) is 11.8 Å². The number of hydrogen-bond donors (Lipinski definition) is 0. The van der Waals surface area contributed by atoms with E-state index in [1.54, 1.807) is 56.8 Å². The van der Waals surface area contributed by atoms with Crippen LogP contribution in [-0.2, 0) is 9.59 Å². The summed E-state index contributed by atoms with van der Waals surface area (Å²) in [6.45, 7) is 4.49. The van der Waals surface area contributed by atoms with E-state index in [0.29, 0.717) is 18.7 Å². The summed E-state index contributed by atoms with van der Waals surface area (Å²) in [7, 11) is 0. The highest BCUT2D eigenvalue weighted by molar-refractivity contribution is 7.99. The number of hydrogen-bond acceptors (Lipinski definition) is 9. The van der Waals surface area contributed by atoms with Gasteiger partial charge in [-0.05, 0) is 229 Å². The largest absolute Gasteiger partial charge is 0.311 e. The second-order valence-electron chi connectivity index (χ2n) is 17.2. The number of thioether (sulfide) groups is 4. The minimum Gasteiger partial charge on any atom is -0.311 e. The molecule has 358 valence electrons. The van der Waals surface area contributed by atoms with Gasteiger partial charge < -0.3 is 9.80 Å². The summed E-state index contributed by atoms with van der Waals surface area (Å²) >= 11 is 12.7. The lowest BCUT2D eigenvalue weighted by molar-refractivity contribution is -0.133. The molecule has 10 rings (SSSR count). The van der Waals surface area contributed by atoms with Crippen molar-refractivity contribution in [3.63, 3.8) is 0 Å². The van der Waals surface area contributed by atoms with Gasteiger partial charge in [-0.15, -0.1) is 47.0 Å². The van der Waals surface area contributed by atoms with Crippen molar-refractivity contribution in [2.45, 2.75) is 33.4 Å². The Morgan fingerprint density at radius 2 is 0.625 bits per heavy atom. The highest BCUT2D eigenvalue weighted by Crippen LogP contribution is 2.50. The van der Waals surface area contributed by atoms with Crippen LogP contribution in [0, 0.1) is 0 Å². The maximum atomic E-state index is 14.7. The Bertz CT molecular complexity index is 3040. The molecule has 2 aliphatic rings. The Labute approximate surface area is 445 Å². The normalized spacial score (nSPS) is 13.2. The van der Waals surface area contributed by atoms with Crippen molar-refractivity contribution in [1.82, 2.24) is 9.80 Å². The molecule has 0 spiro atoms. The predicted octanol–water partition coefficient (Wildman–Crippen LogP) is 16.6. The Kier molecular flexibility index (Phi) is 14.5. The molecule has 0 aromatic heterocycles.